The number of hydrogen-bond donors (Lipinski definition) is 3. The molecule has 1 unspecified atom stereocenters. The Hall–Kier alpha value is -2.52. The van der Waals surface area contributed by atoms with E-state index in [2.05, 4.69) is 51.4 Å². The molecule has 0 aliphatic heterocycles. The smallest absolute Gasteiger partial charge is 0.231 e. The van der Waals surface area contributed by atoms with Crippen molar-refractivity contribution in [1.29, 1.82) is 0 Å². The van der Waals surface area contributed by atoms with Crippen LogP contribution in [0.1, 0.15) is 36.8 Å². The lowest BCUT2D eigenvalue weighted by Crippen LogP contribution is -2.45. The Bertz CT molecular complexity index is 1020. The molecule has 2 aromatic carbocycles. The summed E-state index contributed by atoms with van der Waals surface area (Å²) in [6.45, 7) is 1.28. The standard InChI is InChI=1S/C24H30N4O3S/c1-31-23-4-2-3-20(15-23)24(17-27-32(29)30)11-9-21(10-12-24)26-16-19-5-7-22(8-6-19)28-14-13-25-18-28/h2-8,13-15,18,21,26-27H,9-12,16-17H2,1H3,(H,29,30). The number of methoxy groups -OCH3 is 1. The number of imidazole rings is 1. The monoisotopic (exact) mass is 454 g/mol. The van der Waals surface area contributed by atoms with Crippen molar-refractivity contribution in [1.82, 2.24) is 19.6 Å². The molecule has 1 heterocycles. The molecule has 0 bridgehead atoms. The number of nitrogens with zero attached hydrogens (tertiary/aromatic N) is 2. The summed E-state index contributed by atoms with van der Waals surface area (Å²) in [4.78, 5) is 4.09. The van der Waals surface area contributed by atoms with E-state index < -0.39 is 11.3 Å². The minimum absolute atomic E-state index is 0.183. The van der Waals surface area contributed by atoms with Gasteiger partial charge in [0, 0.05) is 42.6 Å². The minimum Gasteiger partial charge on any atom is -0.497 e. The van der Waals surface area contributed by atoms with E-state index in [9.17, 15) is 8.76 Å². The Labute approximate surface area is 191 Å². The van der Waals surface area contributed by atoms with Crippen LogP contribution in [-0.4, -0.2) is 38.0 Å². The lowest BCUT2D eigenvalue weighted by atomic mass is 9.68. The third-order valence-electron chi connectivity index (χ3n) is 6.49. The zero-order valence-electron chi connectivity index (χ0n) is 18.2. The van der Waals surface area contributed by atoms with Crippen LogP contribution >= 0.6 is 0 Å². The number of benzene rings is 2. The molecule has 0 spiro atoms. The molecule has 4 rings (SSSR count). The normalized spacial score (nSPS) is 21.9. The van der Waals surface area contributed by atoms with Crippen LogP contribution in [0, 0.1) is 0 Å². The molecule has 1 aliphatic rings. The van der Waals surface area contributed by atoms with Crippen molar-refractivity contribution in [3.05, 3.63) is 78.4 Å². The van der Waals surface area contributed by atoms with Gasteiger partial charge in [-0.15, -0.1) is 0 Å². The van der Waals surface area contributed by atoms with E-state index in [4.69, 9.17) is 4.74 Å². The molecule has 1 saturated carbocycles. The average Bonchev–Trinajstić information content (AvgIpc) is 3.37. The number of nitrogens with one attached hydrogen (secondary N) is 2. The second-order valence-corrected chi connectivity index (χ2v) is 9.16. The third-order valence-corrected chi connectivity index (χ3v) is 6.88. The maximum Gasteiger partial charge on any atom is 0.231 e. The first-order valence-corrected chi connectivity index (χ1v) is 12.0. The molecule has 32 heavy (non-hydrogen) atoms. The molecule has 1 aliphatic carbocycles. The van der Waals surface area contributed by atoms with Crippen LogP contribution in [0.4, 0.5) is 0 Å². The van der Waals surface area contributed by atoms with Crippen molar-refractivity contribution >= 4 is 11.3 Å². The average molecular weight is 455 g/mol. The molecule has 3 aromatic rings. The van der Waals surface area contributed by atoms with Crippen LogP contribution < -0.4 is 14.8 Å². The van der Waals surface area contributed by atoms with E-state index in [0.29, 0.717) is 12.6 Å². The lowest BCUT2D eigenvalue weighted by molar-refractivity contribution is 0.245. The van der Waals surface area contributed by atoms with Crippen LogP contribution in [-0.2, 0) is 23.2 Å². The van der Waals surface area contributed by atoms with Gasteiger partial charge in [0.25, 0.3) is 0 Å². The molecule has 8 heteroatoms. The summed E-state index contributed by atoms with van der Waals surface area (Å²) < 4.78 is 30.8. The van der Waals surface area contributed by atoms with Gasteiger partial charge in [0.05, 0.1) is 13.4 Å². The Morgan fingerprint density at radius 1 is 1.22 bits per heavy atom. The highest BCUT2D eigenvalue weighted by Crippen LogP contribution is 2.40. The van der Waals surface area contributed by atoms with E-state index >= 15 is 0 Å². The van der Waals surface area contributed by atoms with Gasteiger partial charge in [0.2, 0.25) is 11.3 Å². The van der Waals surface area contributed by atoms with Crippen LogP contribution in [0.3, 0.4) is 0 Å². The Morgan fingerprint density at radius 2 is 2.00 bits per heavy atom. The molecule has 7 nitrogen and oxygen atoms in total. The van der Waals surface area contributed by atoms with Crippen molar-refractivity contribution in [2.75, 3.05) is 13.7 Å². The van der Waals surface area contributed by atoms with Gasteiger partial charge in [0.1, 0.15) is 5.75 Å². The van der Waals surface area contributed by atoms with Gasteiger partial charge in [-0.2, -0.15) is 0 Å². The Balaban J connectivity index is 1.37. The Kier molecular flexibility index (Phi) is 7.36. The SMILES string of the molecule is COc1cccc(C2(CNS(=O)O)CCC(NCc3ccc(-n4ccnc4)cc3)CC2)c1. The topological polar surface area (TPSA) is 88.4 Å². The van der Waals surface area contributed by atoms with Gasteiger partial charge in [-0.25, -0.2) is 13.9 Å². The lowest BCUT2D eigenvalue weighted by Gasteiger charge is -2.41. The quantitative estimate of drug-likeness (QED) is 0.430. The fourth-order valence-corrected chi connectivity index (χ4v) is 4.95. The van der Waals surface area contributed by atoms with Crippen molar-refractivity contribution in [3.63, 3.8) is 0 Å². The van der Waals surface area contributed by atoms with Crippen LogP contribution in [0.25, 0.3) is 5.69 Å². The van der Waals surface area contributed by atoms with Crippen LogP contribution in [0.2, 0.25) is 0 Å². The van der Waals surface area contributed by atoms with Crippen molar-refractivity contribution in [2.24, 2.45) is 0 Å². The molecule has 1 fully saturated rings. The molecule has 1 atom stereocenters. The highest BCUT2D eigenvalue weighted by Gasteiger charge is 2.37. The predicted molar refractivity (Wildman–Crippen MR) is 126 cm³/mol. The van der Waals surface area contributed by atoms with E-state index in [1.54, 1.807) is 19.6 Å². The molecule has 0 saturated heterocycles. The van der Waals surface area contributed by atoms with Gasteiger partial charge in [-0.1, -0.05) is 24.3 Å². The molecule has 0 radical (unpaired) electrons. The van der Waals surface area contributed by atoms with E-state index in [1.807, 2.05) is 22.9 Å². The van der Waals surface area contributed by atoms with Gasteiger partial charge in [0.15, 0.2) is 0 Å². The molecular weight excluding hydrogens is 424 g/mol. The first kappa shape index (κ1) is 22.7. The highest BCUT2D eigenvalue weighted by molar-refractivity contribution is 7.77. The summed E-state index contributed by atoms with van der Waals surface area (Å²) in [6.07, 6.45) is 9.38. The third kappa shape index (κ3) is 5.45. The largest absolute Gasteiger partial charge is 0.497 e. The second kappa shape index (κ2) is 10.4. The van der Waals surface area contributed by atoms with Gasteiger partial charge >= 0.3 is 0 Å². The second-order valence-electron chi connectivity index (χ2n) is 8.37. The predicted octanol–water partition coefficient (Wildman–Crippen LogP) is 3.58. The summed E-state index contributed by atoms with van der Waals surface area (Å²) in [5.74, 6) is 0.811. The summed E-state index contributed by atoms with van der Waals surface area (Å²) in [7, 11) is 1.66. The summed E-state index contributed by atoms with van der Waals surface area (Å²) in [5.41, 5.74) is 3.32. The molecule has 0 amide bonds. The summed E-state index contributed by atoms with van der Waals surface area (Å²) in [6, 6.07) is 17.0. The minimum atomic E-state index is -2.03. The first-order valence-electron chi connectivity index (χ1n) is 10.9. The van der Waals surface area contributed by atoms with Crippen molar-refractivity contribution in [2.45, 2.75) is 43.7 Å². The molecule has 3 N–H and O–H groups in total. The fourth-order valence-electron chi connectivity index (χ4n) is 4.55. The number of hydrogen-bond acceptors (Lipinski definition) is 4. The zero-order valence-corrected chi connectivity index (χ0v) is 19.1. The maximum absolute atomic E-state index is 11.3. The van der Waals surface area contributed by atoms with E-state index in [-0.39, 0.29) is 5.41 Å². The number of rotatable bonds is 9. The highest BCUT2D eigenvalue weighted by atomic mass is 32.2. The molecule has 170 valence electrons. The van der Waals surface area contributed by atoms with Crippen LogP contribution in [0.15, 0.2) is 67.3 Å². The maximum atomic E-state index is 11.3. The number of ether oxygens (including phenoxy) is 1. The number of aromatic nitrogens is 2. The van der Waals surface area contributed by atoms with Crippen molar-refractivity contribution in [3.8, 4) is 11.4 Å². The van der Waals surface area contributed by atoms with E-state index in [1.165, 1.54) is 5.56 Å². The zero-order chi connectivity index (χ0) is 22.4. The van der Waals surface area contributed by atoms with Gasteiger partial charge in [-0.05, 0) is 61.1 Å². The summed E-state index contributed by atoms with van der Waals surface area (Å²) in [5, 5.41) is 3.70. The molecule has 1 aromatic heterocycles. The summed E-state index contributed by atoms with van der Waals surface area (Å²) >= 11 is -2.03. The Morgan fingerprint density at radius 3 is 2.66 bits per heavy atom. The van der Waals surface area contributed by atoms with Gasteiger partial charge < -0.3 is 14.6 Å². The van der Waals surface area contributed by atoms with E-state index in [0.717, 1.165) is 49.2 Å². The molecular formula is C24H30N4O3S. The fraction of sp³-hybridized carbons (Fsp3) is 0.375. The van der Waals surface area contributed by atoms with Gasteiger partial charge in [-0.3, -0.25) is 4.55 Å². The van der Waals surface area contributed by atoms with Crippen molar-refractivity contribution < 1.29 is 13.5 Å². The first-order chi connectivity index (χ1) is 15.6. The van der Waals surface area contributed by atoms with Crippen LogP contribution in [0.5, 0.6) is 5.75 Å².